The monoisotopic (exact) mass is 348 g/mol. The molecule has 2 amide bonds. The highest BCUT2D eigenvalue weighted by atomic mass is 16.5. The highest BCUT2D eigenvalue weighted by Gasteiger charge is 2.15. The number of rotatable bonds is 0. The minimum Gasteiger partial charge on any atom is -0.480 e. The van der Waals surface area contributed by atoms with Crippen molar-refractivity contribution >= 4 is 34.0 Å². The first kappa shape index (κ1) is 16.0. The van der Waals surface area contributed by atoms with E-state index in [9.17, 15) is 9.59 Å². The van der Waals surface area contributed by atoms with Crippen molar-refractivity contribution in [3.63, 3.8) is 0 Å². The van der Waals surface area contributed by atoms with Crippen LogP contribution in [0.25, 0.3) is 10.8 Å². The van der Waals surface area contributed by atoms with Gasteiger partial charge in [0, 0.05) is 5.39 Å². The van der Waals surface area contributed by atoms with Crippen molar-refractivity contribution in [1.82, 2.24) is 0 Å². The molecular formula is C20H16N2O4. The number of fused-ring (bicyclic) bond motifs is 1. The van der Waals surface area contributed by atoms with Crippen LogP contribution in [0.5, 0.6) is 11.5 Å². The van der Waals surface area contributed by atoms with Crippen LogP contribution in [0.4, 0.5) is 11.4 Å². The van der Waals surface area contributed by atoms with E-state index < -0.39 is 0 Å². The third-order valence-electron chi connectivity index (χ3n) is 4.02. The maximum atomic E-state index is 12.3. The Morgan fingerprint density at radius 1 is 0.654 bits per heavy atom. The van der Waals surface area contributed by atoms with Gasteiger partial charge in [-0.1, -0.05) is 36.4 Å². The standard InChI is InChI=1S/C20H16N2O4/c23-18-11-25-16-9-1-2-10-17(16)26-12-19(24)22-15-8-4-6-13-5-3-7-14(21-18)20(13)15/h1-10H,11-12H2,(H,21,23)(H,22,24). The Morgan fingerprint density at radius 2 is 1.15 bits per heavy atom. The Kier molecular flexibility index (Phi) is 4.15. The summed E-state index contributed by atoms with van der Waals surface area (Å²) < 4.78 is 11.1. The number of carbonyl (C=O) groups excluding carboxylic acids is 2. The fourth-order valence-electron chi connectivity index (χ4n) is 2.90. The van der Waals surface area contributed by atoms with Crippen molar-refractivity contribution in [3.05, 3.63) is 60.7 Å². The van der Waals surface area contributed by atoms with Crippen LogP contribution in [0, 0.1) is 0 Å². The van der Waals surface area contributed by atoms with E-state index in [1.807, 2.05) is 24.3 Å². The Bertz CT molecular complexity index is 924. The molecule has 0 spiro atoms. The second-order valence-electron chi connectivity index (χ2n) is 5.83. The first-order valence-corrected chi connectivity index (χ1v) is 8.17. The SMILES string of the molecule is O=C1COc2ccccc2OCC(=O)Nc2cccc3cccc(c23)N1. The smallest absolute Gasteiger partial charge is 0.262 e. The molecule has 1 aliphatic heterocycles. The molecule has 0 unspecified atom stereocenters. The molecule has 0 saturated carbocycles. The number of para-hydroxylation sites is 2. The lowest BCUT2D eigenvalue weighted by Crippen LogP contribution is -2.20. The first-order valence-electron chi connectivity index (χ1n) is 8.17. The number of amides is 2. The van der Waals surface area contributed by atoms with Gasteiger partial charge in [-0.3, -0.25) is 9.59 Å². The number of nitrogens with one attached hydrogen (secondary N) is 2. The van der Waals surface area contributed by atoms with Crippen LogP contribution < -0.4 is 20.1 Å². The minimum absolute atomic E-state index is 0.166. The molecule has 3 aromatic rings. The summed E-state index contributed by atoms with van der Waals surface area (Å²) >= 11 is 0. The highest BCUT2D eigenvalue weighted by Crippen LogP contribution is 2.31. The molecule has 26 heavy (non-hydrogen) atoms. The van der Waals surface area contributed by atoms with Crippen LogP contribution in [0.1, 0.15) is 0 Å². The zero-order valence-corrected chi connectivity index (χ0v) is 13.8. The first-order chi connectivity index (χ1) is 12.7. The highest BCUT2D eigenvalue weighted by molar-refractivity contribution is 6.11. The molecule has 1 aliphatic rings. The molecule has 0 atom stereocenters. The van der Waals surface area contributed by atoms with Gasteiger partial charge in [0.25, 0.3) is 11.8 Å². The van der Waals surface area contributed by atoms with Gasteiger partial charge in [-0.05, 0) is 29.7 Å². The van der Waals surface area contributed by atoms with Crippen molar-refractivity contribution in [1.29, 1.82) is 0 Å². The number of hydrogen-bond acceptors (Lipinski definition) is 4. The quantitative estimate of drug-likeness (QED) is 0.654. The summed E-state index contributed by atoms with van der Waals surface area (Å²) in [5.74, 6) is 0.219. The van der Waals surface area contributed by atoms with Gasteiger partial charge in [-0.2, -0.15) is 0 Å². The molecule has 0 radical (unpaired) electrons. The van der Waals surface area contributed by atoms with E-state index in [1.54, 1.807) is 36.4 Å². The number of anilines is 2. The van der Waals surface area contributed by atoms with Gasteiger partial charge in [-0.15, -0.1) is 0 Å². The number of hydrogen-bond donors (Lipinski definition) is 2. The molecule has 130 valence electrons. The summed E-state index contributed by atoms with van der Waals surface area (Å²) in [6.45, 7) is -0.333. The zero-order chi connectivity index (χ0) is 17.9. The molecule has 1 heterocycles. The number of ether oxygens (including phenoxy) is 2. The van der Waals surface area contributed by atoms with Gasteiger partial charge in [-0.25, -0.2) is 0 Å². The second kappa shape index (κ2) is 6.76. The van der Waals surface area contributed by atoms with Crippen LogP contribution in [-0.2, 0) is 9.59 Å². The lowest BCUT2D eigenvalue weighted by atomic mass is 10.1. The zero-order valence-electron chi connectivity index (χ0n) is 13.8. The van der Waals surface area contributed by atoms with E-state index in [0.29, 0.717) is 22.9 Å². The van der Waals surface area contributed by atoms with Crippen molar-refractivity contribution in [2.24, 2.45) is 0 Å². The van der Waals surface area contributed by atoms with Crippen LogP contribution in [-0.4, -0.2) is 25.0 Å². The van der Waals surface area contributed by atoms with E-state index >= 15 is 0 Å². The summed E-state index contributed by atoms with van der Waals surface area (Å²) in [6, 6.07) is 18.0. The summed E-state index contributed by atoms with van der Waals surface area (Å²) in [4.78, 5) is 24.7. The van der Waals surface area contributed by atoms with Gasteiger partial charge in [0.1, 0.15) is 0 Å². The molecule has 6 heteroatoms. The molecule has 0 aromatic heterocycles. The molecule has 0 aliphatic carbocycles. The molecule has 0 bridgehead atoms. The summed E-state index contributed by atoms with van der Waals surface area (Å²) in [5.41, 5.74) is 1.22. The van der Waals surface area contributed by atoms with E-state index in [0.717, 1.165) is 10.8 Å². The average Bonchev–Trinajstić information content (AvgIpc) is 2.66. The molecule has 0 fully saturated rings. The van der Waals surface area contributed by atoms with Gasteiger partial charge in [0.05, 0.1) is 11.4 Å². The van der Waals surface area contributed by atoms with Gasteiger partial charge in [0.2, 0.25) is 0 Å². The Balaban J connectivity index is 1.77. The van der Waals surface area contributed by atoms with Crippen molar-refractivity contribution in [3.8, 4) is 11.5 Å². The normalized spacial score (nSPS) is 14.5. The fourth-order valence-corrected chi connectivity index (χ4v) is 2.90. The van der Waals surface area contributed by atoms with E-state index in [2.05, 4.69) is 10.6 Å². The van der Waals surface area contributed by atoms with Gasteiger partial charge < -0.3 is 20.1 Å². The van der Waals surface area contributed by atoms with E-state index in [-0.39, 0.29) is 25.0 Å². The lowest BCUT2D eigenvalue weighted by Gasteiger charge is -2.13. The topological polar surface area (TPSA) is 76.7 Å². The predicted octanol–water partition coefficient (Wildman–Crippen LogP) is 3.19. The van der Waals surface area contributed by atoms with Crippen LogP contribution in [0.2, 0.25) is 0 Å². The maximum absolute atomic E-state index is 12.3. The molecule has 6 nitrogen and oxygen atoms in total. The summed E-state index contributed by atoms with van der Waals surface area (Å²) in [7, 11) is 0. The largest absolute Gasteiger partial charge is 0.480 e. The molecule has 0 saturated heterocycles. The minimum atomic E-state index is -0.298. The number of carbonyl (C=O) groups is 2. The van der Waals surface area contributed by atoms with E-state index in [1.165, 1.54) is 0 Å². The van der Waals surface area contributed by atoms with E-state index in [4.69, 9.17) is 9.47 Å². The van der Waals surface area contributed by atoms with Crippen molar-refractivity contribution in [2.45, 2.75) is 0 Å². The van der Waals surface area contributed by atoms with Crippen LogP contribution >= 0.6 is 0 Å². The Morgan fingerprint density at radius 3 is 1.65 bits per heavy atom. The van der Waals surface area contributed by atoms with Gasteiger partial charge >= 0.3 is 0 Å². The summed E-state index contributed by atoms with van der Waals surface area (Å²) in [5, 5.41) is 7.37. The van der Waals surface area contributed by atoms with Crippen molar-refractivity contribution in [2.75, 3.05) is 23.8 Å². The third kappa shape index (κ3) is 3.17. The third-order valence-corrected chi connectivity index (χ3v) is 4.02. The van der Waals surface area contributed by atoms with Crippen molar-refractivity contribution < 1.29 is 19.1 Å². The Hall–Kier alpha value is -3.54. The second-order valence-corrected chi connectivity index (χ2v) is 5.83. The number of benzene rings is 3. The summed E-state index contributed by atoms with van der Waals surface area (Å²) in [6.07, 6.45) is 0. The predicted molar refractivity (Wildman–Crippen MR) is 98.6 cm³/mol. The van der Waals surface area contributed by atoms with Crippen LogP contribution in [0.3, 0.4) is 0 Å². The molecule has 3 aromatic carbocycles. The lowest BCUT2D eigenvalue weighted by molar-refractivity contribution is -0.119. The maximum Gasteiger partial charge on any atom is 0.262 e. The van der Waals surface area contributed by atoms with Gasteiger partial charge in [0.15, 0.2) is 24.7 Å². The molecule has 2 N–H and O–H groups in total. The average molecular weight is 348 g/mol. The van der Waals surface area contributed by atoms with Crippen LogP contribution in [0.15, 0.2) is 60.7 Å². The fraction of sp³-hybridized carbons (Fsp3) is 0.100. The molecular weight excluding hydrogens is 332 g/mol. The molecule has 4 rings (SSSR count). The Labute approximate surface area is 149 Å².